The van der Waals surface area contributed by atoms with E-state index in [1.165, 1.54) is 0 Å². The van der Waals surface area contributed by atoms with Gasteiger partial charge in [-0.1, -0.05) is 42.5 Å². The van der Waals surface area contributed by atoms with Gasteiger partial charge in [0.15, 0.2) is 0 Å². The number of rotatable bonds is 4. The molecule has 1 amide bonds. The summed E-state index contributed by atoms with van der Waals surface area (Å²) in [4.78, 5) is 11.6. The maximum atomic E-state index is 11.6. The first kappa shape index (κ1) is 14.1. The van der Waals surface area contributed by atoms with E-state index in [1.54, 1.807) is 4.57 Å². The molecular formula is C16H17N5O. The molecule has 0 spiro atoms. The molecule has 0 atom stereocenters. The van der Waals surface area contributed by atoms with Crippen LogP contribution in [0.3, 0.4) is 0 Å². The van der Waals surface area contributed by atoms with Gasteiger partial charge in [-0.15, -0.1) is 0 Å². The number of hydrazine groups is 1. The predicted molar refractivity (Wildman–Crippen MR) is 83.7 cm³/mol. The fraction of sp³-hybridized carbons (Fsp3) is 0.125. The lowest BCUT2D eigenvalue weighted by Gasteiger charge is -2.05. The Morgan fingerprint density at radius 1 is 1.00 bits per heavy atom. The standard InChI is InChI=1S/C16H17N5O/c17-16-20(10-12-6-2-1-3-7-12)13-8-4-5-9-14(13)21(16)11-15(22)19-18/h1-9,17H,10-11,18H2,(H,19,22). The number of amides is 1. The molecule has 0 fully saturated rings. The molecule has 6 heteroatoms. The number of nitrogens with zero attached hydrogens (tertiary/aromatic N) is 2. The van der Waals surface area contributed by atoms with Gasteiger partial charge in [0.2, 0.25) is 5.62 Å². The van der Waals surface area contributed by atoms with Crippen molar-refractivity contribution in [1.29, 1.82) is 5.41 Å². The van der Waals surface area contributed by atoms with E-state index < -0.39 is 0 Å². The number of aromatic nitrogens is 2. The number of hydrogen-bond donors (Lipinski definition) is 3. The molecule has 4 N–H and O–H groups in total. The summed E-state index contributed by atoms with van der Waals surface area (Å²) in [5.74, 6) is 4.83. The Morgan fingerprint density at radius 3 is 2.23 bits per heavy atom. The Hall–Kier alpha value is -2.86. The van der Waals surface area contributed by atoms with Crippen molar-refractivity contribution in [3.05, 3.63) is 65.8 Å². The molecule has 0 saturated carbocycles. The van der Waals surface area contributed by atoms with E-state index in [0.29, 0.717) is 6.54 Å². The minimum absolute atomic E-state index is 0.0254. The minimum Gasteiger partial charge on any atom is -0.306 e. The number of carbonyl (C=O) groups is 1. The number of imidazole rings is 1. The average Bonchev–Trinajstić information content (AvgIpc) is 2.82. The molecule has 3 rings (SSSR count). The van der Waals surface area contributed by atoms with Gasteiger partial charge in [0.05, 0.1) is 17.6 Å². The SMILES string of the molecule is N=c1n(CC(=O)NN)c2ccccc2n1Cc1ccccc1. The second kappa shape index (κ2) is 5.87. The monoisotopic (exact) mass is 295 g/mol. The zero-order valence-corrected chi connectivity index (χ0v) is 12.0. The fourth-order valence-corrected chi connectivity index (χ4v) is 2.57. The Labute approximate surface area is 127 Å². The lowest BCUT2D eigenvalue weighted by molar-refractivity contribution is -0.121. The second-order valence-corrected chi connectivity index (χ2v) is 5.04. The van der Waals surface area contributed by atoms with Crippen LogP contribution in [0, 0.1) is 5.41 Å². The van der Waals surface area contributed by atoms with E-state index in [2.05, 4.69) is 5.43 Å². The summed E-state index contributed by atoms with van der Waals surface area (Å²) in [7, 11) is 0. The van der Waals surface area contributed by atoms with Crippen LogP contribution in [-0.2, 0) is 17.9 Å². The van der Waals surface area contributed by atoms with Crippen molar-refractivity contribution >= 4 is 16.9 Å². The zero-order valence-electron chi connectivity index (χ0n) is 12.0. The van der Waals surface area contributed by atoms with Gasteiger partial charge in [0.1, 0.15) is 6.54 Å². The van der Waals surface area contributed by atoms with Gasteiger partial charge in [-0.3, -0.25) is 15.6 Å². The topological polar surface area (TPSA) is 88.8 Å². The van der Waals surface area contributed by atoms with Crippen LogP contribution in [0.2, 0.25) is 0 Å². The minimum atomic E-state index is -0.332. The van der Waals surface area contributed by atoms with Crippen LogP contribution in [0.1, 0.15) is 5.56 Å². The lowest BCUT2D eigenvalue weighted by atomic mass is 10.2. The quantitative estimate of drug-likeness (QED) is 0.380. The Kier molecular flexibility index (Phi) is 3.76. The van der Waals surface area contributed by atoms with Gasteiger partial charge in [-0.25, -0.2) is 5.84 Å². The number of carbonyl (C=O) groups excluding carboxylic acids is 1. The Balaban J connectivity index is 2.12. The molecule has 0 saturated heterocycles. The zero-order chi connectivity index (χ0) is 15.5. The maximum Gasteiger partial charge on any atom is 0.253 e. The van der Waals surface area contributed by atoms with Crippen LogP contribution in [0.4, 0.5) is 0 Å². The molecule has 1 heterocycles. The van der Waals surface area contributed by atoms with Crippen LogP contribution < -0.4 is 16.9 Å². The van der Waals surface area contributed by atoms with Crippen molar-refractivity contribution in [3.8, 4) is 0 Å². The highest BCUT2D eigenvalue weighted by atomic mass is 16.2. The summed E-state index contributed by atoms with van der Waals surface area (Å²) in [5.41, 5.74) is 5.25. The fourth-order valence-electron chi connectivity index (χ4n) is 2.57. The summed E-state index contributed by atoms with van der Waals surface area (Å²) >= 11 is 0. The molecule has 3 aromatic rings. The van der Waals surface area contributed by atoms with Crippen molar-refractivity contribution in [2.75, 3.05) is 0 Å². The van der Waals surface area contributed by atoms with Gasteiger partial charge in [0.25, 0.3) is 5.91 Å². The van der Waals surface area contributed by atoms with Crippen LogP contribution in [0.25, 0.3) is 11.0 Å². The van der Waals surface area contributed by atoms with Gasteiger partial charge in [-0.2, -0.15) is 0 Å². The summed E-state index contributed by atoms with van der Waals surface area (Å²) < 4.78 is 3.54. The van der Waals surface area contributed by atoms with Gasteiger partial charge in [0, 0.05) is 0 Å². The Morgan fingerprint density at radius 2 is 1.59 bits per heavy atom. The summed E-state index contributed by atoms with van der Waals surface area (Å²) in [5, 5.41) is 8.40. The summed E-state index contributed by atoms with van der Waals surface area (Å²) in [6, 6.07) is 17.6. The number of benzene rings is 2. The third-order valence-corrected chi connectivity index (χ3v) is 3.62. The molecule has 2 aromatic carbocycles. The summed E-state index contributed by atoms with van der Waals surface area (Å²) in [6.45, 7) is 0.606. The maximum absolute atomic E-state index is 11.6. The molecule has 6 nitrogen and oxygen atoms in total. The number of para-hydroxylation sites is 2. The number of nitrogens with two attached hydrogens (primary N) is 1. The number of hydrogen-bond acceptors (Lipinski definition) is 3. The van der Waals surface area contributed by atoms with Crippen molar-refractivity contribution in [2.24, 2.45) is 5.84 Å². The van der Waals surface area contributed by atoms with E-state index in [4.69, 9.17) is 11.3 Å². The molecule has 1 aromatic heterocycles. The second-order valence-electron chi connectivity index (χ2n) is 5.04. The molecule has 0 aliphatic rings. The smallest absolute Gasteiger partial charge is 0.253 e. The van der Waals surface area contributed by atoms with E-state index in [9.17, 15) is 4.79 Å². The third kappa shape index (κ3) is 2.51. The molecule has 112 valence electrons. The van der Waals surface area contributed by atoms with Crippen molar-refractivity contribution in [1.82, 2.24) is 14.6 Å². The first-order chi connectivity index (χ1) is 10.7. The van der Waals surface area contributed by atoms with Crippen LogP contribution >= 0.6 is 0 Å². The summed E-state index contributed by atoms with van der Waals surface area (Å²) in [6.07, 6.45) is 0. The number of nitrogens with one attached hydrogen (secondary N) is 2. The van der Waals surface area contributed by atoms with Gasteiger partial charge < -0.3 is 9.13 Å². The molecule has 0 bridgehead atoms. The normalized spacial score (nSPS) is 10.8. The van der Waals surface area contributed by atoms with Crippen LogP contribution in [0.5, 0.6) is 0 Å². The average molecular weight is 295 g/mol. The highest BCUT2D eigenvalue weighted by molar-refractivity contribution is 5.80. The van der Waals surface area contributed by atoms with Crippen molar-refractivity contribution in [3.63, 3.8) is 0 Å². The van der Waals surface area contributed by atoms with Crippen LogP contribution in [0.15, 0.2) is 54.6 Å². The first-order valence-electron chi connectivity index (χ1n) is 6.96. The molecular weight excluding hydrogens is 278 g/mol. The third-order valence-electron chi connectivity index (χ3n) is 3.62. The largest absolute Gasteiger partial charge is 0.306 e. The Bertz CT molecular complexity index is 863. The van der Waals surface area contributed by atoms with Crippen molar-refractivity contribution < 1.29 is 4.79 Å². The molecule has 22 heavy (non-hydrogen) atoms. The van der Waals surface area contributed by atoms with E-state index in [-0.39, 0.29) is 18.1 Å². The highest BCUT2D eigenvalue weighted by Gasteiger charge is 2.12. The molecule has 0 unspecified atom stereocenters. The van der Waals surface area contributed by atoms with Gasteiger partial charge in [-0.05, 0) is 17.7 Å². The van der Waals surface area contributed by atoms with Crippen molar-refractivity contribution in [2.45, 2.75) is 13.1 Å². The van der Waals surface area contributed by atoms with Gasteiger partial charge >= 0.3 is 0 Å². The predicted octanol–water partition coefficient (Wildman–Crippen LogP) is 0.960. The van der Waals surface area contributed by atoms with Crippen LogP contribution in [-0.4, -0.2) is 15.0 Å². The molecule has 0 aliphatic heterocycles. The highest BCUT2D eigenvalue weighted by Crippen LogP contribution is 2.14. The van der Waals surface area contributed by atoms with E-state index in [1.807, 2.05) is 59.2 Å². The lowest BCUT2D eigenvalue weighted by Crippen LogP contribution is -2.36. The first-order valence-corrected chi connectivity index (χ1v) is 6.96. The van der Waals surface area contributed by atoms with E-state index in [0.717, 1.165) is 16.6 Å². The number of fused-ring (bicyclic) bond motifs is 1. The molecule has 0 radical (unpaired) electrons. The van der Waals surface area contributed by atoms with E-state index >= 15 is 0 Å². The molecule has 0 aliphatic carbocycles.